The molecule has 1 aliphatic rings. The third-order valence-corrected chi connectivity index (χ3v) is 4.13. The van der Waals surface area contributed by atoms with Crippen molar-refractivity contribution in [1.29, 1.82) is 0 Å². The van der Waals surface area contributed by atoms with E-state index < -0.39 is 0 Å². The molecule has 0 saturated heterocycles. The molecule has 5 nitrogen and oxygen atoms in total. The van der Waals surface area contributed by atoms with Gasteiger partial charge in [0.05, 0.1) is 19.3 Å². The molecule has 6 heteroatoms. The molecule has 1 amide bonds. The van der Waals surface area contributed by atoms with Crippen LogP contribution >= 0.6 is 11.6 Å². The first-order valence-electron chi connectivity index (χ1n) is 10.2. The van der Waals surface area contributed by atoms with E-state index in [1.807, 2.05) is 45.9 Å². The second-order valence-electron chi connectivity index (χ2n) is 6.36. The third kappa shape index (κ3) is 6.57. The lowest BCUT2D eigenvalue weighted by molar-refractivity contribution is 0.0935. The Balaban J connectivity index is 0.000000989. The molecule has 0 aliphatic carbocycles. The van der Waals surface area contributed by atoms with Gasteiger partial charge in [-0.1, -0.05) is 59.2 Å². The number of halogens is 1. The number of nitrogens with one attached hydrogen (secondary N) is 2. The molecule has 1 unspecified atom stereocenters. The maximum Gasteiger partial charge on any atom is 0.255 e. The number of ether oxygens (including phenoxy) is 2. The summed E-state index contributed by atoms with van der Waals surface area (Å²) in [4.78, 5) is 12.4. The van der Waals surface area contributed by atoms with Crippen LogP contribution < -0.4 is 20.1 Å². The van der Waals surface area contributed by atoms with Gasteiger partial charge in [0.25, 0.3) is 5.91 Å². The SMILES string of the molecule is CC.CC.COc1cc(C2NC(=O)c3cc(Cl)ccc3N2)ccc1OCC(C)C. The average Bonchev–Trinajstić information content (AvgIpc) is 2.75. The molecule has 0 aromatic heterocycles. The highest BCUT2D eigenvalue weighted by molar-refractivity contribution is 6.31. The highest BCUT2D eigenvalue weighted by Crippen LogP contribution is 2.33. The molecule has 160 valence electrons. The number of amides is 1. The Hall–Kier alpha value is -2.40. The van der Waals surface area contributed by atoms with Crippen LogP contribution in [-0.2, 0) is 0 Å². The minimum Gasteiger partial charge on any atom is -0.493 e. The van der Waals surface area contributed by atoms with Crippen LogP contribution in [0.15, 0.2) is 36.4 Å². The number of hydrogen-bond donors (Lipinski definition) is 2. The Morgan fingerprint density at radius 2 is 1.69 bits per heavy atom. The summed E-state index contributed by atoms with van der Waals surface area (Å²) in [5, 5.41) is 6.77. The quantitative estimate of drug-likeness (QED) is 0.596. The van der Waals surface area contributed by atoms with Crippen molar-refractivity contribution in [2.24, 2.45) is 5.92 Å². The summed E-state index contributed by atoms with van der Waals surface area (Å²) in [7, 11) is 1.60. The highest BCUT2D eigenvalue weighted by Gasteiger charge is 2.25. The second kappa shape index (κ2) is 12.2. The summed E-state index contributed by atoms with van der Waals surface area (Å²) >= 11 is 5.97. The normalized spacial score (nSPS) is 14.2. The Kier molecular flexibility index (Phi) is 10.4. The van der Waals surface area contributed by atoms with E-state index in [-0.39, 0.29) is 12.1 Å². The average molecular weight is 421 g/mol. The van der Waals surface area contributed by atoms with Gasteiger partial charge in [0.2, 0.25) is 0 Å². The fourth-order valence-electron chi connectivity index (χ4n) is 2.64. The maximum absolute atomic E-state index is 12.4. The molecule has 0 bridgehead atoms. The van der Waals surface area contributed by atoms with Crippen LogP contribution in [0.5, 0.6) is 11.5 Å². The van der Waals surface area contributed by atoms with E-state index in [4.69, 9.17) is 21.1 Å². The molecule has 2 aromatic rings. The number of hydrogen-bond acceptors (Lipinski definition) is 4. The van der Waals surface area contributed by atoms with Crippen LogP contribution in [0.3, 0.4) is 0 Å². The first-order chi connectivity index (χ1) is 14.0. The van der Waals surface area contributed by atoms with Crippen molar-refractivity contribution in [3.63, 3.8) is 0 Å². The van der Waals surface area contributed by atoms with E-state index in [9.17, 15) is 4.79 Å². The number of methoxy groups -OCH3 is 1. The largest absolute Gasteiger partial charge is 0.493 e. The molecule has 2 aromatic carbocycles. The fraction of sp³-hybridized carbons (Fsp3) is 0.435. The van der Waals surface area contributed by atoms with Gasteiger partial charge in [0.15, 0.2) is 11.5 Å². The standard InChI is InChI=1S/C19H21ClN2O3.2C2H6/c1-11(2)10-25-16-7-4-12(8-17(16)24-3)18-21-15-6-5-13(20)9-14(15)19(23)22-18;2*1-2/h4-9,11,18,21H,10H2,1-3H3,(H,22,23);2*1-2H3. The zero-order chi connectivity index (χ0) is 22.0. The number of anilines is 1. The van der Waals surface area contributed by atoms with Crippen LogP contribution in [0, 0.1) is 5.92 Å². The summed E-state index contributed by atoms with van der Waals surface area (Å²) in [5.41, 5.74) is 2.16. The van der Waals surface area contributed by atoms with Crippen LogP contribution in [-0.4, -0.2) is 19.6 Å². The van der Waals surface area contributed by atoms with Crippen molar-refractivity contribution in [1.82, 2.24) is 5.32 Å². The fourth-order valence-corrected chi connectivity index (χ4v) is 2.81. The molecular formula is C23H33ClN2O3. The van der Waals surface area contributed by atoms with Crippen molar-refractivity contribution < 1.29 is 14.3 Å². The van der Waals surface area contributed by atoms with Gasteiger partial charge in [0, 0.05) is 10.7 Å². The van der Waals surface area contributed by atoms with E-state index in [1.54, 1.807) is 25.3 Å². The first-order valence-corrected chi connectivity index (χ1v) is 10.5. The Bertz CT molecular complexity index is 794. The third-order valence-electron chi connectivity index (χ3n) is 3.89. The molecule has 1 heterocycles. The summed E-state index contributed by atoms with van der Waals surface area (Å²) < 4.78 is 11.2. The van der Waals surface area contributed by atoms with Gasteiger partial charge in [-0.25, -0.2) is 0 Å². The zero-order valence-corrected chi connectivity index (χ0v) is 19.2. The lowest BCUT2D eigenvalue weighted by Crippen LogP contribution is -2.38. The van der Waals surface area contributed by atoms with Gasteiger partial charge in [-0.15, -0.1) is 0 Å². The minimum atomic E-state index is -0.353. The van der Waals surface area contributed by atoms with Gasteiger partial charge in [0.1, 0.15) is 6.17 Å². The van der Waals surface area contributed by atoms with Crippen LogP contribution in [0.2, 0.25) is 5.02 Å². The second-order valence-corrected chi connectivity index (χ2v) is 6.79. The molecule has 0 fully saturated rings. The van der Waals surface area contributed by atoms with E-state index in [2.05, 4.69) is 24.5 Å². The summed E-state index contributed by atoms with van der Waals surface area (Å²) in [5.74, 6) is 1.58. The monoisotopic (exact) mass is 420 g/mol. The Labute approximate surface area is 179 Å². The van der Waals surface area contributed by atoms with E-state index >= 15 is 0 Å². The molecule has 0 spiro atoms. The lowest BCUT2D eigenvalue weighted by Gasteiger charge is -2.28. The van der Waals surface area contributed by atoms with Crippen molar-refractivity contribution in [3.05, 3.63) is 52.5 Å². The van der Waals surface area contributed by atoms with Crippen molar-refractivity contribution in [3.8, 4) is 11.5 Å². The molecule has 2 N–H and O–H groups in total. The van der Waals surface area contributed by atoms with Gasteiger partial charge in [-0.3, -0.25) is 4.79 Å². The molecule has 3 rings (SSSR count). The lowest BCUT2D eigenvalue weighted by atomic mass is 10.1. The van der Waals surface area contributed by atoms with Crippen LogP contribution in [0.1, 0.15) is 63.6 Å². The minimum absolute atomic E-state index is 0.166. The predicted octanol–water partition coefficient (Wildman–Crippen LogP) is 6.29. The smallest absolute Gasteiger partial charge is 0.255 e. The summed E-state index contributed by atoms with van der Waals surface area (Å²) in [6.45, 7) is 12.8. The van der Waals surface area contributed by atoms with Gasteiger partial charge >= 0.3 is 0 Å². The van der Waals surface area contributed by atoms with Crippen LogP contribution in [0.25, 0.3) is 0 Å². The van der Waals surface area contributed by atoms with Gasteiger partial charge < -0.3 is 20.1 Å². The number of carbonyl (C=O) groups excluding carboxylic acids is 1. The molecule has 0 radical (unpaired) electrons. The summed E-state index contributed by atoms with van der Waals surface area (Å²) in [6, 6.07) is 10.9. The van der Waals surface area contributed by atoms with Crippen molar-refractivity contribution in [2.75, 3.05) is 19.0 Å². The Morgan fingerprint density at radius 3 is 2.31 bits per heavy atom. The molecular weight excluding hydrogens is 388 g/mol. The molecule has 29 heavy (non-hydrogen) atoms. The topological polar surface area (TPSA) is 59.6 Å². The Morgan fingerprint density at radius 1 is 1.00 bits per heavy atom. The molecule has 0 saturated carbocycles. The number of benzene rings is 2. The maximum atomic E-state index is 12.4. The zero-order valence-electron chi connectivity index (χ0n) is 18.4. The number of carbonyl (C=O) groups is 1. The number of rotatable bonds is 5. The predicted molar refractivity (Wildman–Crippen MR) is 121 cm³/mol. The summed E-state index contributed by atoms with van der Waals surface area (Å²) in [6.07, 6.45) is -0.353. The molecule has 1 atom stereocenters. The van der Waals surface area contributed by atoms with Crippen molar-refractivity contribution >= 4 is 23.2 Å². The first kappa shape index (κ1) is 24.6. The van der Waals surface area contributed by atoms with Gasteiger partial charge in [-0.05, 0) is 41.8 Å². The van der Waals surface area contributed by atoms with E-state index in [0.29, 0.717) is 34.6 Å². The van der Waals surface area contributed by atoms with Gasteiger partial charge in [-0.2, -0.15) is 0 Å². The van der Waals surface area contributed by atoms with Crippen molar-refractivity contribution in [2.45, 2.75) is 47.7 Å². The molecule has 1 aliphatic heterocycles. The van der Waals surface area contributed by atoms with E-state index in [0.717, 1.165) is 11.3 Å². The van der Waals surface area contributed by atoms with Crippen LogP contribution in [0.4, 0.5) is 5.69 Å². The van der Waals surface area contributed by atoms with E-state index in [1.165, 1.54) is 0 Å². The highest BCUT2D eigenvalue weighted by atomic mass is 35.5. The number of fused-ring (bicyclic) bond motifs is 1.